The molecule has 0 spiro atoms. The fourth-order valence-electron chi connectivity index (χ4n) is 3.60. The van der Waals surface area contributed by atoms with Crippen LogP contribution in [-0.4, -0.2) is 41.9 Å². The summed E-state index contributed by atoms with van der Waals surface area (Å²) in [7, 11) is -3.83. The van der Waals surface area contributed by atoms with Crippen LogP contribution in [0.1, 0.15) is 35.6 Å². The molecular weight excluding hydrogens is 432 g/mol. The summed E-state index contributed by atoms with van der Waals surface area (Å²) < 4.78 is 38.5. The maximum atomic E-state index is 13.3. The average molecular weight is 457 g/mol. The summed E-state index contributed by atoms with van der Waals surface area (Å²) in [6.07, 6.45) is 7.19. The third kappa shape index (κ3) is 4.66. The summed E-state index contributed by atoms with van der Waals surface area (Å²) in [6.45, 7) is 3.97. The van der Waals surface area contributed by atoms with E-state index in [2.05, 4.69) is 15.5 Å². The number of hydrogen-bond acceptors (Lipinski definition) is 7. The van der Waals surface area contributed by atoms with Crippen molar-refractivity contribution in [3.8, 4) is 0 Å². The minimum absolute atomic E-state index is 0.0343. The van der Waals surface area contributed by atoms with Crippen LogP contribution in [0.15, 0.2) is 50.6 Å². The number of carbonyl (C=O) groups is 1. The van der Waals surface area contributed by atoms with E-state index in [9.17, 15) is 13.2 Å². The smallest absolute Gasteiger partial charge is 0.248 e. The SMILES string of the molecule is Cc1ccc(NC(=O)C2CCN(S(=O)(=O)c3c(C)noc3/C=C/c3ccco3)CC2)nc1. The van der Waals surface area contributed by atoms with Gasteiger partial charge in [-0.15, -0.1) is 0 Å². The Hall–Kier alpha value is -3.24. The zero-order valence-corrected chi connectivity index (χ0v) is 18.6. The molecule has 1 amide bonds. The molecule has 4 heterocycles. The lowest BCUT2D eigenvalue weighted by Crippen LogP contribution is -2.41. The molecule has 0 aromatic carbocycles. The molecule has 1 saturated heterocycles. The Labute approximate surface area is 186 Å². The third-order valence-electron chi connectivity index (χ3n) is 5.36. The molecule has 4 rings (SSSR count). The predicted molar refractivity (Wildman–Crippen MR) is 118 cm³/mol. The molecule has 1 N–H and O–H groups in total. The number of sulfonamides is 1. The Morgan fingerprint density at radius 1 is 1.19 bits per heavy atom. The van der Waals surface area contributed by atoms with Crippen molar-refractivity contribution in [1.29, 1.82) is 0 Å². The first-order valence-corrected chi connectivity index (χ1v) is 11.7. The van der Waals surface area contributed by atoms with E-state index < -0.39 is 10.0 Å². The maximum Gasteiger partial charge on any atom is 0.248 e. The molecule has 0 unspecified atom stereocenters. The van der Waals surface area contributed by atoms with Gasteiger partial charge >= 0.3 is 0 Å². The zero-order valence-electron chi connectivity index (χ0n) is 17.8. The fourth-order valence-corrected chi connectivity index (χ4v) is 5.32. The van der Waals surface area contributed by atoms with Crippen molar-refractivity contribution in [2.45, 2.75) is 31.6 Å². The van der Waals surface area contributed by atoms with Crippen LogP contribution in [0.25, 0.3) is 12.2 Å². The molecule has 0 bridgehead atoms. The van der Waals surface area contributed by atoms with Crippen LogP contribution in [0.4, 0.5) is 5.82 Å². The van der Waals surface area contributed by atoms with Gasteiger partial charge in [-0.25, -0.2) is 13.4 Å². The van der Waals surface area contributed by atoms with Gasteiger partial charge in [0.05, 0.1) is 6.26 Å². The number of anilines is 1. The Kier molecular flexibility index (Phi) is 6.24. The Morgan fingerprint density at radius 2 is 1.97 bits per heavy atom. The number of rotatable bonds is 6. The fraction of sp³-hybridized carbons (Fsp3) is 0.318. The second-order valence-electron chi connectivity index (χ2n) is 7.70. The molecule has 1 aliphatic heterocycles. The number of furan rings is 1. The van der Waals surface area contributed by atoms with E-state index in [1.54, 1.807) is 37.4 Å². The van der Waals surface area contributed by atoms with Gasteiger partial charge in [0.25, 0.3) is 0 Å². The number of aryl methyl sites for hydroxylation is 2. The lowest BCUT2D eigenvalue weighted by Gasteiger charge is -2.30. The molecule has 32 heavy (non-hydrogen) atoms. The Morgan fingerprint density at radius 3 is 2.62 bits per heavy atom. The van der Waals surface area contributed by atoms with E-state index in [1.165, 1.54) is 16.6 Å². The summed E-state index contributed by atoms with van der Waals surface area (Å²) in [4.78, 5) is 16.8. The molecule has 0 aliphatic carbocycles. The summed E-state index contributed by atoms with van der Waals surface area (Å²) in [5, 5.41) is 6.65. The molecule has 3 aromatic rings. The quantitative estimate of drug-likeness (QED) is 0.603. The summed E-state index contributed by atoms with van der Waals surface area (Å²) in [5.41, 5.74) is 1.29. The second kappa shape index (κ2) is 9.09. The standard InChI is InChI=1S/C22H24N4O5S/c1-15-5-8-20(23-14-15)24-22(27)17-9-11-26(12-10-17)32(28,29)21-16(2)25-31-19(21)7-6-18-4-3-13-30-18/h3-8,13-14,17H,9-12H2,1-2H3,(H,23,24,27)/b7-6+. The number of carbonyl (C=O) groups excluding carboxylic acids is 1. The van der Waals surface area contributed by atoms with Crippen LogP contribution in [0, 0.1) is 19.8 Å². The largest absolute Gasteiger partial charge is 0.465 e. The van der Waals surface area contributed by atoms with Crippen molar-refractivity contribution >= 4 is 33.9 Å². The molecule has 1 fully saturated rings. The number of amides is 1. The Bertz CT molecular complexity index is 1210. The first kappa shape index (κ1) is 22.0. The van der Waals surface area contributed by atoms with Crippen LogP contribution < -0.4 is 5.32 Å². The molecule has 0 atom stereocenters. The van der Waals surface area contributed by atoms with Crippen molar-refractivity contribution in [3.05, 3.63) is 59.5 Å². The van der Waals surface area contributed by atoms with Crippen LogP contribution in [0.3, 0.4) is 0 Å². The van der Waals surface area contributed by atoms with E-state index in [0.29, 0.717) is 24.4 Å². The topological polar surface area (TPSA) is 119 Å². The highest BCUT2D eigenvalue weighted by atomic mass is 32.2. The monoisotopic (exact) mass is 456 g/mol. The van der Waals surface area contributed by atoms with Gasteiger partial charge in [-0.05, 0) is 62.6 Å². The van der Waals surface area contributed by atoms with E-state index in [4.69, 9.17) is 8.94 Å². The van der Waals surface area contributed by atoms with E-state index in [-0.39, 0.29) is 41.3 Å². The molecule has 0 radical (unpaired) electrons. The minimum Gasteiger partial charge on any atom is -0.465 e. The van der Waals surface area contributed by atoms with Crippen LogP contribution in [0.5, 0.6) is 0 Å². The lowest BCUT2D eigenvalue weighted by atomic mass is 9.97. The highest BCUT2D eigenvalue weighted by Crippen LogP contribution is 2.29. The number of nitrogens with one attached hydrogen (secondary N) is 1. The Balaban J connectivity index is 1.43. The van der Waals surface area contributed by atoms with Gasteiger partial charge in [0.2, 0.25) is 15.9 Å². The van der Waals surface area contributed by atoms with Crippen molar-refractivity contribution < 1.29 is 22.2 Å². The zero-order chi connectivity index (χ0) is 22.7. The highest BCUT2D eigenvalue weighted by Gasteiger charge is 2.36. The van der Waals surface area contributed by atoms with Gasteiger partial charge in [-0.1, -0.05) is 11.2 Å². The van der Waals surface area contributed by atoms with Crippen molar-refractivity contribution in [1.82, 2.24) is 14.4 Å². The average Bonchev–Trinajstić information content (AvgIpc) is 3.43. The van der Waals surface area contributed by atoms with Gasteiger partial charge in [0.15, 0.2) is 10.7 Å². The molecule has 1 aliphatic rings. The number of pyridine rings is 1. The highest BCUT2D eigenvalue weighted by molar-refractivity contribution is 7.89. The molecule has 10 heteroatoms. The van der Waals surface area contributed by atoms with Gasteiger partial charge < -0.3 is 14.3 Å². The van der Waals surface area contributed by atoms with Crippen molar-refractivity contribution in [2.24, 2.45) is 5.92 Å². The number of piperidine rings is 1. The second-order valence-corrected chi connectivity index (χ2v) is 9.57. The number of hydrogen-bond donors (Lipinski definition) is 1. The molecular formula is C22H24N4O5S. The van der Waals surface area contributed by atoms with E-state index in [1.807, 2.05) is 13.0 Å². The molecule has 9 nitrogen and oxygen atoms in total. The third-order valence-corrected chi connectivity index (χ3v) is 7.42. The summed E-state index contributed by atoms with van der Waals surface area (Å²) in [6, 6.07) is 7.10. The summed E-state index contributed by atoms with van der Waals surface area (Å²) >= 11 is 0. The van der Waals surface area contributed by atoms with Crippen LogP contribution in [0.2, 0.25) is 0 Å². The first-order valence-electron chi connectivity index (χ1n) is 10.3. The predicted octanol–water partition coefficient (Wildman–Crippen LogP) is 3.49. The lowest BCUT2D eigenvalue weighted by molar-refractivity contribution is -0.120. The molecule has 168 valence electrons. The van der Waals surface area contributed by atoms with E-state index >= 15 is 0 Å². The van der Waals surface area contributed by atoms with Gasteiger partial charge in [-0.3, -0.25) is 4.79 Å². The van der Waals surface area contributed by atoms with Crippen LogP contribution in [-0.2, 0) is 14.8 Å². The van der Waals surface area contributed by atoms with E-state index in [0.717, 1.165) is 5.56 Å². The molecule has 3 aromatic heterocycles. The summed E-state index contributed by atoms with van der Waals surface area (Å²) in [5.74, 6) is 0.762. The number of nitrogens with zero attached hydrogens (tertiary/aromatic N) is 3. The normalized spacial score (nSPS) is 15.9. The maximum absolute atomic E-state index is 13.3. The molecule has 0 saturated carbocycles. The van der Waals surface area contributed by atoms with Gasteiger partial charge in [0, 0.05) is 25.2 Å². The number of aromatic nitrogens is 2. The first-order chi connectivity index (χ1) is 15.3. The van der Waals surface area contributed by atoms with Crippen molar-refractivity contribution in [2.75, 3.05) is 18.4 Å². The van der Waals surface area contributed by atoms with Crippen LogP contribution >= 0.6 is 0 Å². The van der Waals surface area contributed by atoms with Gasteiger partial charge in [0.1, 0.15) is 17.3 Å². The van der Waals surface area contributed by atoms with Crippen molar-refractivity contribution in [3.63, 3.8) is 0 Å². The van der Waals surface area contributed by atoms with Gasteiger partial charge in [-0.2, -0.15) is 4.31 Å². The minimum atomic E-state index is -3.83.